The van der Waals surface area contributed by atoms with Crippen LogP contribution in [0.2, 0.25) is 0 Å². The normalized spacial score (nSPS) is 20.4. The fraction of sp³-hybridized carbons (Fsp3) is 0.556. The molecular formula is C18H26N4O4S. The zero-order valence-corrected chi connectivity index (χ0v) is 16.3. The fourth-order valence-corrected chi connectivity index (χ4v) is 4.15. The second-order valence-corrected chi connectivity index (χ2v) is 8.95. The lowest BCUT2D eigenvalue weighted by atomic mass is 9.97. The van der Waals surface area contributed by atoms with Crippen LogP contribution >= 0.6 is 0 Å². The number of amides is 3. The molecule has 3 amide bonds. The van der Waals surface area contributed by atoms with Crippen molar-refractivity contribution in [2.45, 2.75) is 25.7 Å². The third-order valence-electron chi connectivity index (χ3n) is 4.87. The Kier molecular flexibility index (Phi) is 5.88. The van der Waals surface area contributed by atoms with Crippen molar-refractivity contribution in [2.24, 2.45) is 5.92 Å². The highest BCUT2D eigenvalue weighted by molar-refractivity contribution is 7.92. The van der Waals surface area contributed by atoms with Crippen LogP contribution in [0.25, 0.3) is 0 Å². The molecular weight excluding hydrogens is 368 g/mol. The number of likely N-dealkylation sites (tertiary alicyclic amines) is 2. The molecule has 1 unspecified atom stereocenters. The first-order chi connectivity index (χ1) is 12.8. The number of anilines is 2. The van der Waals surface area contributed by atoms with Gasteiger partial charge in [-0.15, -0.1) is 0 Å². The zero-order chi connectivity index (χ0) is 19.4. The zero-order valence-electron chi connectivity index (χ0n) is 15.5. The number of hydrogen-bond donors (Lipinski definition) is 2. The van der Waals surface area contributed by atoms with Gasteiger partial charge in [0.1, 0.15) is 0 Å². The summed E-state index contributed by atoms with van der Waals surface area (Å²) in [5, 5.41) is 2.84. The fourth-order valence-electron chi connectivity index (χ4n) is 3.59. The van der Waals surface area contributed by atoms with E-state index >= 15 is 0 Å². The van der Waals surface area contributed by atoms with Crippen LogP contribution in [0.5, 0.6) is 0 Å². The lowest BCUT2D eigenvalue weighted by Gasteiger charge is -2.34. The van der Waals surface area contributed by atoms with E-state index in [0.717, 1.165) is 45.0 Å². The van der Waals surface area contributed by atoms with E-state index in [-0.39, 0.29) is 17.9 Å². The quantitative estimate of drug-likeness (QED) is 0.815. The molecule has 0 bridgehead atoms. The lowest BCUT2D eigenvalue weighted by molar-refractivity contribution is -0.121. The lowest BCUT2D eigenvalue weighted by Crippen LogP contribution is -2.48. The first-order valence-electron chi connectivity index (χ1n) is 9.24. The number of piperidine rings is 1. The van der Waals surface area contributed by atoms with Crippen LogP contribution in [0.3, 0.4) is 0 Å². The number of urea groups is 1. The highest BCUT2D eigenvalue weighted by atomic mass is 32.2. The van der Waals surface area contributed by atoms with E-state index < -0.39 is 10.0 Å². The maximum atomic E-state index is 12.7. The molecule has 148 valence electrons. The van der Waals surface area contributed by atoms with Gasteiger partial charge in [0.15, 0.2) is 0 Å². The minimum Gasteiger partial charge on any atom is -0.326 e. The van der Waals surface area contributed by atoms with Crippen molar-refractivity contribution < 1.29 is 18.0 Å². The van der Waals surface area contributed by atoms with Crippen molar-refractivity contribution in [3.05, 3.63) is 24.3 Å². The molecule has 2 aliphatic heterocycles. The topological polar surface area (TPSA) is 98.8 Å². The molecule has 1 aromatic rings. The summed E-state index contributed by atoms with van der Waals surface area (Å²) in [7, 11) is -3.38. The molecule has 0 saturated carbocycles. The minimum atomic E-state index is -3.38. The maximum absolute atomic E-state index is 12.7. The molecule has 0 radical (unpaired) electrons. The number of nitrogens with zero attached hydrogens (tertiary/aromatic N) is 2. The number of rotatable bonds is 4. The highest BCUT2D eigenvalue weighted by Gasteiger charge is 2.31. The molecule has 2 heterocycles. The number of carbonyl (C=O) groups is 2. The Balaban J connectivity index is 1.60. The van der Waals surface area contributed by atoms with Crippen LogP contribution in [0.4, 0.5) is 16.2 Å². The van der Waals surface area contributed by atoms with E-state index in [4.69, 9.17) is 0 Å². The molecule has 2 saturated heterocycles. The van der Waals surface area contributed by atoms with Crippen LogP contribution in [-0.4, -0.2) is 62.6 Å². The maximum Gasteiger partial charge on any atom is 0.320 e. The number of hydrogen-bond acceptors (Lipinski definition) is 4. The van der Waals surface area contributed by atoms with E-state index in [1.54, 1.807) is 29.2 Å². The van der Waals surface area contributed by atoms with Crippen LogP contribution < -0.4 is 10.0 Å². The number of carbonyl (C=O) groups excluding carboxylic acids is 2. The SMILES string of the molecule is CS(=O)(=O)Nc1cccc(NC(=O)C2CCCN(C(=O)N3CCCC3)C2)c1. The van der Waals surface area contributed by atoms with Gasteiger partial charge >= 0.3 is 6.03 Å². The van der Waals surface area contributed by atoms with Crippen LogP contribution in [0, 0.1) is 5.92 Å². The van der Waals surface area contributed by atoms with Crippen molar-refractivity contribution in [1.29, 1.82) is 0 Å². The van der Waals surface area contributed by atoms with Gasteiger partial charge in [-0.1, -0.05) is 6.07 Å². The Morgan fingerprint density at radius 3 is 2.41 bits per heavy atom. The van der Waals surface area contributed by atoms with Crippen LogP contribution in [-0.2, 0) is 14.8 Å². The molecule has 9 heteroatoms. The summed E-state index contributed by atoms with van der Waals surface area (Å²) < 4.78 is 25.1. The average Bonchev–Trinajstić information content (AvgIpc) is 3.14. The molecule has 1 atom stereocenters. The molecule has 3 rings (SSSR count). The molecule has 2 aliphatic rings. The minimum absolute atomic E-state index is 0.0318. The molecule has 1 aromatic carbocycles. The summed E-state index contributed by atoms with van der Waals surface area (Å²) in [5.74, 6) is -0.415. The molecule has 2 fully saturated rings. The van der Waals surface area contributed by atoms with Crippen molar-refractivity contribution >= 4 is 33.3 Å². The third-order valence-corrected chi connectivity index (χ3v) is 5.48. The van der Waals surface area contributed by atoms with E-state index in [1.807, 2.05) is 4.90 Å². The smallest absolute Gasteiger partial charge is 0.320 e. The highest BCUT2D eigenvalue weighted by Crippen LogP contribution is 2.22. The first kappa shape index (κ1) is 19.5. The molecule has 8 nitrogen and oxygen atoms in total. The Morgan fingerprint density at radius 2 is 1.70 bits per heavy atom. The van der Waals surface area contributed by atoms with Crippen LogP contribution in [0.1, 0.15) is 25.7 Å². The summed E-state index contributed by atoms with van der Waals surface area (Å²) in [6.45, 7) is 2.70. The predicted octanol–water partition coefficient (Wildman–Crippen LogP) is 1.92. The molecule has 27 heavy (non-hydrogen) atoms. The van der Waals surface area contributed by atoms with Crippen molar-refractivity contribution in [3.63, 3.8) is 0 Å². The Bertz CT molecular complexity index is 805. The monoisotopic (exact) mass is 394 g/mol. The van der Waals surface area contributed by atoms with Gasteiger partial charge in [-0.3, -0.25) is 9.52 Å². The molecule has 2 N–H and O–H groups in total. The standard InChI is InChI=1S/C18H26N4O4S/c1-27(25,26)20-16-8-4-7-15(12-16)19-17(23)14-6-5-11-22(13-14)18(24)21-9-2-3-10-21/h4,7-8,12,14,20H,2-3,5-6,9-11,13H2,1H3,(H,19,23). The number of benzene rings is 1. The summed E-state index contributed by atoms with van der Waals surface area (Å²) in [5.41, 5.74) is 0.918. The Hall–Kier alpha value is -2.29. The largest absolute Gasteiger partial charge is 0.326 e. The van der Waals surface area contributed by atoms with Gasteiger partial charge in [-0.05, 0) is 43.9 Å². The Morgan fingerprint density at radius 1 is 1.04 bits per heavy atom. The number of sulfonamides is 1. The second-order valence-electron chi connectivity index (χ2n) is 7.21. The summed E-state index contributed by atoms with van der Waals surface area (Å²) >= 11 is 0. The van der Waals surface area contributed by atoms with Crippen molar-refractivity contribution in [3.8, 4) is 0 Å². The van der Waals surface area contributed by atoms with Gasteiger partial charge in [-0.2, -0.15) is 0 Å². The number of nitrogens with one attached hydrogen (secondary N) is 2. The van der Waals surface area contributed by atoms with Gasteiger partial charge in [-0.25, -0.2) is 13.2 Å². The van der Waals surface area contributed by atoms with Crippen molar-refractivity contribution in [1.82, 2.24) is 9.80 Å². The van der Waals surface area contributed by atoms with Crippen molar-refractivity contribution in [2.75, 3.05) is 42.5 Å². The van der Waals surface area contributed by atoms with Crippen LogP contribution in [0.15, 0.2) is 24.3 Å². The van der Waals surface area contributed by atoms with Gasteiger partial charge in [0, 0.05) is 31.9 Å². The second kappa shape index (κ2) is 8.16. The predicted molar refractivity (Wildman–Crippen MR) is 104 cm³/mol. The Labute approximate surface area is 160 Å². The van der Waals surface area contributed by atoms with E-state index in [2.05, 4.69) is 10.0 Å². The summed E-state index contributed by atoms with van der Waals surface area (Å²) in [6.07, 6.45) is 4.69. The molecule has 0 aliphatic carbocycles. The summed E-state index contributed by atoms with van der Waals surface area (Å²) in [6, 6.07) is 6.61. The average molecular weight is 394 g/mol. The van der Waals surface area contributed by atoms with E-state index in [1.165, 1.54) is 0 Å². The van der Waals surface area contributed by atoms with E-state index in [9.17, 15) is 18.0 Å². The third kappa shape index (κ3) is 5.35. The van der Waals surface area contributed by atoms with Gasteiger partial charge in [0.05, 0.1) is 17.9 Å². The van der Waals surface area contributed by atoms with Gasteiger partial charge in [0.2, 0.25) is 15.9 Å². The molecule has 0 aromatic heterocycles. The first-order valence-corrected chi connectivity index (χ1v) is 11.1. The van der Waals surface area contributed by atoms with E-state index in [0.29, 0.717) is 24.5 Å². The van der Waals surface area contributed by atoms with Gasteiger partial charge < -0.3 is 15.1 Å². The summed E-state index contributed by atoms with van der Waals surface area (Å²) in [4.78, 5) is 28.9. The molecule has 0 spiro atoms. The van der Waals surface area contributed by atoms with Gasteiger partial charge in [0.25, 0.3) is 0 Å².